The third-order valence-electron chi connectivity index (χ3n) is 3.36. The van der Waals surface area contributed by atoms with E-state index < -0.39 is 0 Å². The molecular formula is C14H21NO. The van der Waals surface area contributed by atoms with Gasteiger partial charge in [0.15, 0.2) is 0 Å². The van der Waals surface area contributed by atoms with Gasteiger partial charge in [-0.1, -0.05) is 29.8 Å². The Hall–Kier alpha value is -0.860. The van der Waals surface area contributed by atoms with Crippen LogP contribution in [0.4, 0.5) is 0 Å². The number of nitrogens with one attached hydrogen (secondary N) is 1. The van der Waals surface area contributed by atoms with Crippen LogP contribution in [0.1, 0.15) is 24.0 Å². The third kappa shape index (κ3) is 2.83. The van der Waals surface area contributed by atoms with Crippen LogP contribution in [0.3, 0.4) is 0 Å². The van der Waals surface area contributed by atoms with Crippen molar-refractivity contribution in [1.29, 1.82) is 0 Å². The lowest BCUT2D eigenvalue weighted by atomic mass is 9.99. The average molecular weight is 219 g/mol. The molecule has 0 radical (unpaired) electrons. The average Bonchev–Trinajstić information content (AvgIpc) is 2.82. The topological polar surface area (TPSA) is 21.3 Å². The fraction of sp³-hybridized carbons (Fsp3) is 0.571. The van der Waals surface area contributed by atoms with E-state index in [0.29, 0.717) is 12.1 Å². The second-order valence-electron chi connectivity index (χ2n) is 4.64. The van der Waals surface area contributed by atoms with Crippen LogP contribution in [0.5, 0.6) is 0 Å². The molecule has 2 atom stereocenters. The predicted octanol–water partition coefficient (Wildman–Crippen LogP) is 2.30. The molecule has 1 saturated heterocycles. The molecule has 1 aliphatic rings. The first-order valence-corrected chi connectivity index (χ1v) is 6.14. The number of likely N-dealkylation sites (N-methyl/N-ethyl adjacent to an activating group) is 1. The van der Waals surface area contributed by atoms with Gasteiger partial charge in [-0.15, -0.1) is 0 Å². The predicted molar refractivity (Wildman–Crippen MR) is 66.7 cm³/mol. The molecule has 1 heterocycles. The number of aryl methyl sites for hydroxylation is 1. The van der Waals surface area contributed by atoms with Crippen LogP contribution in [0.25, 0.3) is 0 Å². The first kappa shape index (κ1) is 11.6. The standard InChI is InChI=1S/C14H21NO/c1-11-5-7-12(8-6-11)10-13(15-2)14-4-3-9-16-14/h5-8,13-15H,3-4,9-10H2,1-2H3/t13-,14-/m0/s1. The van der Waals surface area contributed by atoms with Crippen molar-refractivity contribution in [2.24, 2.45) is 0 Å². The summed E-state index contributed by atoms with van der Waals surface area (Å²) in [5, 5.41) is 3.38. The molecule has 2 rings (SSSR count). The van der Waals surface area contributed by atoms with Gasteiger partial charge in [-0.25, -0.2) is 0 Å². The molecule has 1 aromatic rings. The highest BCUT2D eigenvalue weighted by atomic mass is 16.5. The van der Waals surface area contributed by atoms with Gasteiger partial charge in [0.1, 0.15) is 0 Å². The Bertz CT molecular complexity index is 314. The fourth-order valence-corrected chi connectivity index (χ4v) is 2.32. The van der Waals surface area contributed by atoms with E-state index in [1.807, 2.05) is 7.05 Å². The summed E-state index contributed by atoms with van der Waals surface area (Å²) < 4.78 is 5.74. The van der Waals surface area contributed by atoms with Crippen molar-refractivity contribution in [1.82, 2.24) is 5.32 Å². The molecule has 16 heavy (non-hydrogen) atoms. The Morgan fingerprint density at radius 2 is 2.12 bits per heavy atom. The van der Waals surface area contributed by atoms with Gasteiger partial charge in [-0.3, -0.25) is 0 Å². The van der Waals surface area contributed by atoms with Crippen molar-refractivity contribution in [3.63, 3.8) is 0 Å². The summed E-state index contributed by atoms with van der Waals surface area (Å²) in [7, 11) is 2.03. The minimum atomic E-state index is 0.395. The van der Waals surface area contributed by atoms with Gasteiger partial charge in [0.05, 0.1) is 6.10 Å². The number of benzene rings is 1. The summed E-state index contributed by atoms with van der Waals surface area (Å²) in [4.78, 5) is 0. The zero-order valence-corrected chi connectivity index (χ0v) is 10.2. The van der Waals surface area contributed by atoms with Crippen LogP contribution in [0, 0.1) is 6.92 Å². The first-order chi connectivity index (χ1) is 7.79. The highest BCUT2D eigenvalue weighted by Crippen LogP contribution is 2.18. The zero-order valence-electron chi connectivity index (χ0n) is 10.2. The summed E-state index contributed by atoms with van der Waals surface area (Å²) >= 11 is 0. The smallest absolute Gasteiger partial charge is 0.0732 e. The molecule has 0 saturated carbocycles. The second kappa shape index (κ2) is 5.46. The molecule has 0 bridgehead atoms. The van der Waals surface area contributed by atoms with Gasteiger partial charge in [-0.2, -0.15) is 0 Å². The van der Waals surface area contributed by atoms with Crippen molar-refractivity contribution in [2.75, 3.05) is 13.7 Å². The number of hydrogen-bond acceptors (Lipinski definition) is 2. The Morgan fingerprint density at radius 1 is 1.38 bits per heavy atom. The summed E-state index contributed by atoms with van der Waals surface area (Å²) in [6, 6.07) is 9.24. The van der Waals surface area contributed by atoms with Crippen LogP contribution in [-0.4, -0.2) is 25.8 Å². The van der Waals surface area contributed by atoms with Gasteiger partial charge in [-0.05, 0) is 38.8 Å². The Labute approximate surface area is 98.0 Å². The second-order valence-corrected chi connectivity index (χ2v) is 4.64. The van der Waals surface area contributed by atoms with E-state index in [1.54, 1.807) is 0 Å². The minimum absolute atomic E-state index is 0.395. The van der Waals surface area contributed by atoms with Crippen molar-refractivity contribution < 1.29 is 4.74 Å². The molecule has 1 fully saturated rings. The quantitative estimate of drug-likeness (QED) is 0.839. The molecule has 0 amide bonds. The largest absolute Gasteiger partial charge is 0.377 e. The van der Waals surface area contributed by atoms with Crippen LogP contribution in [-0.2, 0) is 11.2 Å². The molecule has 0 aromatic heterocycles. The van der Waals surface area contributed by atoms with Crippen molar-refractivity contribution >= 4 is 0 Å². The Balaban J connectivity index is 1.97. The molecular weight excluding hydrogens is 198 g/mol. The van der Waals surface area contributed by atoms with Crippen LogP contribution >= 0.6 is 0 Å². The van der Waals surface area contributed by atoms with Crippen LogP contribution in [0.15, 0.2) is 24.3 Å². The van der Waals surface area contributed by atoms with E-state index in [0.717, 1.165) is 13.0 Å². The number of rotatable bonds is 4. The van der Waals surface area contributed by atoms with E-state index in [4.69, 9.17) is 4.74 Å². The number of ether oxygens (including phenoxy) is 1. The van der Waals surface area contributed by atoms with E-state index in [9.17, 15) is 0 Å². The van der Waals surface area contributed by atoms with Crippen molar-refractivity contribution in [3.05, 3.63) is 35.4 Å². The van der Waals surface area contributed by atoms with Gasteiger partial charge < -0.3 is 10.1 Å². The normalized spacial score (nSPS) is 22.2. The van der Waals surface area contributed by atoms with E-state index in [-0.39, 0.29) is 0 Å². The molecule has 0 spiro atoms. The maximum atomic E-state index is 5.74. The SMILES string of the molecule is CN[C@@H](Cc1ccc(C)cc1)[C@@H]1CCCO1. The first-order valence-electron chi connectivity index (χ1n) is 6.14. The van der Waals surface area contributed by atoms with Crippen molar-refractivity contribution in [3.8, 4) is 0 Å². The van der Waals surface area contributed by atoms with Crippen molar-refractivity contribution in [2.45, 2.75) is 38.3 Å². The summed E-state index contributed by atoms with van der Waals surface area (Å²) in [6.45, 7) is 3.05. The maximum absolute atomic E-state index is 5.74. The lowest BCUT2D eigenvalue weighted by molar-refractivity contribution is 0.0808. The molecule has 1 aromatic carbocycles. The summed E-state index contributed by atoms with van der Waals surface area (Å²) in [5.41, 5.74) is 2.71. The molecule has 0 unspecified atom stereocenters. The molecule has 2 heteroatoms. The van der Waals surface area contributed by atoms with E-state index in [2.05, 4.69) is 36.5 Å². The van der Waals surface area contributed by atoms with Gasteiger partial charge in [0, 0.05) is 12.6 Å². The van der Waals surface area contributed by atoms with Gasteiger partial charge in [0.2, 0.25) is 0 Å². The molecule has 0 aliphatic carbocycles. The third-order valence-corrected chi connectivity index (χ3v) is 3.36. The minimum Gasteiger partial charge on any atom is -0.377 e. The number of hydrogen-bond donors (Lipinski definition) is 1. The Kier molecular flexibility index (Phi) is 3.97. The Morgan fingerprint density at radius 3 is 2.69 bits per heavy atom. The van der Waals surface area contributed by atoms with Gasteiger partial charge >= 0.3 is 0 Å². The highest BCUT2D eigenvalue weighted by molar-refractivity contribution is 5.22. The molecule has 1 aliphatic heterocycles. The van der Waals surface area contributed by atoms with Gasteiger partial charge in [0.25, 0.3) is 0 Å². The van der Waals surface area contributed by atoms with Crippen LogP contribution in [0.2, 0.25) is 0 Å². The van der Waals surface area contributed by atoms with E-state index >= 15 is 0 Å². The monoisotopic (exact) mass is 219 g/mol. The molecule has 88 valence electrons. The zero-order chi connectivity index (χ0) is 11.4. The summed E-state index contributed by atoms with van der Waals surface area (Å²) in [6.07, 6.45) is 3.85. The lowest BCUT2D eigenvalue weighted by Crippen LogP contribution is -2.39. The van der Waals surface area contributed by atoms with E-state index in [1.165, 1.54) is 24.0 Å². The summed E-state index contributed by atoms with van der Waals surface area (Å²) in [5.74, 6) is 0. The maximum Gasteiger partial charge on any atom is 0.0732 e. The fourth-order valence-electron chi connectivity index (χ4n) is 2.32. The lowest BCUT2D eigenvalue weighted by Gasteiger charge is -2.22. The highest BCUT2D eigenvalue weighted by Gasteiger charge is 2.24. The molecule has 1 N–H and O–H groups in total. The molecule has 2 nitrogen and oxygen atoms in total. The van der Waals surface area contributed by atoms with Crippen LogP contribution < -0.4 is 5.32 Å².